The summed E-state index contributed by atoms with van der Waals surface area (Å²) in [5.74, 6) is -1.36. The molecule has 0 spiro atoms. The minimum atomic E-state index is -1.04. The molecular formula is C12H11N3O3S. The molecule has 0 radical (unpaired) electrons. The van der Waals surface area contributed by atoms with Crippen molar-refractivity contribution in [3.05, 3.63) is 40.4 Å². The number of rotatable bonds is 4. The van der Waals surface area contributed by atoms with E-state index in [1.54, 1.807) is 12.1 Å². The van der Waals surface area contributed by atoms with Crippen LogP contribution < -0.4 is 5.32 Å². The zero-order valence-corrected chi connectivity index (χ0v) is 10.9. The fourth-order valence-electron chi connectivity index (χ4n) is 1.53. The van der Waals surface area contributed by atoms with Crippen molar-refractivity contribution in [2.75, 3.05) is 5.32 Å². The average Bonchev–Trinajstić information content (AvgIpc) is 2.87. The predicted octanol–water partition coefficient (Wildman–Crippen LogP) is 2.05. The van der Waals surface area contributed by atoms with Crippen LogP contribution in [0.25, 0.3) is 0 Å². The van der Waals surface area contributed by atoms with Gasteiger partial charge in [-0.25, -0.2) is 4.79 Å². The molecule has 0 unspecified atom stereocenters. The van der Waals surface area contributed by atoms with Crippen molar-refractivity contribution in [2.24, 2.45) is 0 Å². The lowest BCUT2D eigenvalue weighted by atomic mass is 10.2. The third kappa shape index (κ3) is 2.94. The number of nitrogens with zero attached hydrogens (tertiary/aromatic N) is 2. The molecule has 1 heterocycles. The molecule has 0 aliphatic carbocycles. The molecule has 6 nitrogen and oxygen atoms in total. The summed E-state index contributed by atoms with van der Waals surface area (Å²) in [5.41, 5.74) is 1.19. The number of carbonyl (C=O) groups is 2. The molecule has 7 heteroatoms. The van der Waals surface area contributed by atoms with Gasteiger partial charge in [0.05, 0.1) is 11.3 Å². The number of amides is 1. The van der Waals surface area contributed by atoms with Gasteiger partial charge in [-0.2, -0.15) is 0 Å². The van der Waals surface area contributed by atoms with Crippen LogP contribution >= 0.6 is 11.5 Å². The number of carboxylic acid groups (broad SMARTS) is 1. The molecule has 2 aromatic rings. The van der Waals surface area contributed by atoms with Crippen molar-refractivity contribution < 1.29 is 14.7 Å². The van der Waals surface area contributed by atoms with Crippen molar-refractivity contribution in [2.45, 2.75) is 13.3 Å². The number of aromatic nitrogens is 2. The van der Waals surface area contributed by atoms with Gasteiger partial charge in [-0.1, -0.05) is 17.5 Å². The van der Waals surface area contributed by atoms with E-state index in [2.05, 4.69) is 14.9 Å². The maximum atomic E-state index is 12.0. The van der Waals surface area contributed by atoms with Gasteiger partial charge in [0.25, 0.3) is 5.91 Å². The number of anilines is 1. The highest BCUT2D eigenvalue weighted by Gasteiger charge is 2.15. The molecule has 0 bridgehead atoms. The van der Waals surface area contributed by atoms with E-state index in [9.17, 15) is 9.59 Å². The van der Waals surface area contributed by atoms with E-state index < -0.39 is 5.97 Å². The Balaban J connectivity index is 2.19. The Kier molecular flexibility index (Phi) is 3.86. The quantitative estimate of drug-likeness (QED) is 0.892. The highest BCUT2D eigenvalue weighted by atomic mass is 32.1. The molecule has 0 atom stereocenters. The minimum Gasteiger partial charge on any atom is -0.478 e. The summed E-state index contributed by atoms with van der Waals surface area (Å²) in [6.07, 6.45) is 0.619. The monoisotopic (exact) mass is 277 g/mol. The van der Waals surface area contributed by atoms with Gasteiger partial charge in [-0.05, 0) is 36.2 Å². The van der Waals surface area contributed by atoms with E-state index in [0.717, 1.165) is 11.5 Å². The standard InChI is InChI=1S/C12H11N3O3S/c1-2-9-10(19-15-14-9)11(16)13-8-5-3-4-7(6-8)12(17)18/h3-6H,2H2,1H3,(H,13,16)(H,17,18). The van der Waals surface area contributed by atoms with Crippen molar-refractivity contribution in [3.63, 3.8) is 0 Å². The Morgan fingerprint density at radius 2 is 2.21 bits per heavy atom. The third-order valence-corrected chi connectivity index (χ3v) is 3.23. The first kappa shape index (κ1) is 13.2. The molecule has 0 saturated heterocycles. The summed E-state index contributed by atoms with van der Waals surface area (Å²) in [7, 11) is 0. The fourth-order valence-corrected chi connectivity index (χ4v) is 2.18. The number of aryl methyl sites for hydroxylation is 1. The third-order valence-electron chi connectivity index (χ3n) is 2.46. The van der Waals surface area contributed by atoms with Crippen LogP contribution in [0.5, 0.6) is 0 Å². The van der Waals surface area contributed by atoms with Crippen LogP contribution in [-0.2, 0) is 6.42 Å². The highest BCUT2D eigenvalue weighted by molar-refractivity contribution is 7.08. The Hall–Kier alpha value is -2.28. The van der Waals surface area contributed by atoms with Crippen LogP contribution in [0, 0.1) is 0 Å². The van der Waals surface area contributed by atoms with E-state index in [0.29, 0.717) is 22.7 Å². The number of carboxylic acids is 1. The van der Waals surface area contributed by atoms with E-state index in [-0.39, 0.29) is 11.5 Å². The molecule has 2 N–H and O–H groups in total. The van der Waals surface area contributed by atoms with Gasteiger partial charge in [0, 0.05) is 5.69 Å². The van der Waals surface area contributed by atoms with Crippen molar-refractivity contribution in [1.29, 1.82) is 0 Å². The first-order valence-electron chi connectivity index (χ1n) is 5.57. The SMILES string of the molecule is CCc1nnsc1C(=O)Nc1cccc(C(=O)O)c1. The molecule has 0 saturated carbocycles. The van der Waals surface area contributed by atoms with E-state index in [1.807, 2.05) is 6.92 Å². The molecule has 2 rings (SSSR count). The maximum Gasteiger partial charge on any atom is 0.335 e. The lowest BCUT2D eigenvalue weighted by molar-refractivity contribution is 0.0696. The van der Waals surface area contributed by atoms with Gasteiger partial charge in [-0.15, -0.1) is 5.10 Å². The molecular weight excluding hydrogens is 266 g/mol. The molecule has 1 amide bonds. The van der Waals surface area contributed by atoms with Crippen LogP contribution in [-0.4, -0.2) is 26.6 Å². The second-order valence-electron chi connectivity index (χ2n) is 3.74. The van der Waals surface area contributed by atoms with Gasteiger partial charge < -0.3 is 10.4 Å². The summed E-state index contributed by atoms with van der Waals surface area (Å²) in [6, 6.07) is 6.07. The zero-order valence-electron chi connectivity index (χ0n) is 10.1. The molecule has 98 valence electrons. The first-order chi connectivity index (χ1) is 9.11. The molecule has 0 aliphatic rings. The molecule has 19 heavy (non-hydrogen) atoms. The largest absolute Gasteiger partial charge is 0.478 e. The molecule has 1 aromatic carbocycles. The number of hydrogen-bond donors (Lipinski definition) is 2. The Morgan fingerprint density at radius 1 is 1.42 bits per heavy atom. The highest BCUT2D eigenvalue weighted by Crippen LogP contribution is 2.16. The van der Waals surface area contributed by atoms with E-state index in [4.69, 9.17) is 5.11 Å². The summed E-state index contributed by atoms with van der Waals surface area (Å²) < 4.78 is 3.74. The lowest BCUT2D eigenvalue weighted by Crippen LogP contribution is -2.12. The number of carbonyl (C=O) groups excluding carboxylic acids is 1. The van der Waals surface area contributed by atoms with Crippen molar-refractivity contribution >= 4 is 29.1 Å². The zero-order chi connectivity index (χ0) is 13.8. The Labute approximate surface area is 113 Å². The average molecular weight is 277 g/mol. The van der Waals surface area contributed by atoms with Crippen molar-refractivity contribution in [1.82, 2.24) is 9.59 Å². The molecule has 0 fully saturated rings. The van der Waals surface area contributed by atoms with Gasteiger partial charge in [0.15, 0.2) is 0 Å². The van der Waals surface area contributed by atoms with Crippen LogP contribution in [0.4, 0.5) is 5.69 Å². The Morgan fingerprint density at radius 3 is 2.89 bits per heavy atom. The van der Waals surface area contributed by atoms with Crippen LogP contribution in [0.2, 0.25) is 0 Å². The number of benzene rings is 1. The smallest absolute Gasteiger partial charge is 0.335 e. The van der Waals surface area contributed by atoms with Crippen LogP contribution in [0.3, 0.4) is 0 Å². The van der Waals surface area contributed by atoms with Crippen LogP contribution in [0.15, 0.2) is 24.3 Å². The fraction of sp³-hybridized carbons (Fsp3) is 0.167. The summed E-state index contributed by atoms with van der Waals surface area (Å²) in [6.45, 7) is 1.89. The summed E-state index contributed by atoms with van der Waals surface area (Å²) in [4.78, 5) is 23.3. The first-order valence-corrected chi connectivity index (χ1v) is 6.35. The number of nitrogens with one attached hydrogen (secondary N) is 1. The number of aromatic carboxylic acids is 1. The summed E-state index contributed by atoms with van der Waals surface area (Å²) in [5, 5.41) is 15.4. The minimum absolute atomic E-state index is 0.121. The van der Waals surface area contributed by atoms with Gasteiger partial charge >= 0.3 is 5.97 Å². The van der Waals surface area contributed by atoms with Gasteiger partial charge in [0.1, 0.15) is 4.88 Å². The second kappa shape index (κ2) is 5.57. The lowest BCUT2D eigenvalue weighted by Gasteiger charge is -2.04. The molecule has 1 aromatic heterocycles. The van der Waals surface area contributed by atoms with Gasteiger partial charge in [-0.3, -0.25) is 4.79 Å². The maximum absolute atomic E-state index is 12.0. The Bertz CT molecular complexity index is 624. The van der Waals surface area contributed by atoms with E-state index in [1.165, 1.54) is 12.1 Å². The predicted molar refractivity (Wildman–Crippen MR) is 70.6 cm³/mol. The van der Waals surface area contributed by atoms with Crippen LogP contribution in [0.1, 0.15) is 32.6 Å². The second-order valence-corrected chi connectivity index (χ2v) is 4.50. The topological polar surface area (TPSA) is 92.2 Å². The van der Waals surface area contributed by atoms with Crippen molar-refractivity contribution in [3.8, 4) is 0 Å². The van der Waals surface area contributed by atoms with Gasteiger partial charge in [0.2, 0.25) is 0 Å². The molecule has 0 aliphatic heterocycles. The van der Waals surface area contributed by atoms with E-state index >= 15 is 0 Å². The normalized spacial score (nSPS) is 10.2. The summed E-state index contributed by atoms with van der Waals surface area (Å²) >= 11 is 1.02. The number of hydrogen-bond acceptors (Lipinski definition) is 5.